The molecule has 0 aliphatic carbocycles. The Hall–Kier alpha value is -2.50. The first-order chi connectivity index (χ1) is 10.6. The van der Waals surface area contributed by atoms with Crippen LogP contribution in [0.3, 0.4) is 0 Å². The SMILES string of the molecule is CCN(C)C(=O)c1cc(-c2ccc3c(c2)OCO3)n(CC)n1. The quantitative estimate of drug-likeness (QED) is 0.870. The molecule has 0 saturated heterocycles. The van der Waals surface area contributed by atoms with Crippen molar-refractivity contribution in [2.75, 3.05) is 20.4 Å². The fraction of sp³-hybridized carbons (Fsp3) is 0.375. The third-order valence-corrected chi connectivity index (χ3v) is 3.79. The summed E-state index contributed by atoms with van der Waals surface area (Å²) >= 11 is 0. The monoisotopic (exact) mass is 301 g/mol. The molecule has 1 aliphatic rings. The lowest BCUT2D eigenvalue weighted by atomic mass is 10.1. The van der Waals surface area contributed by atoms with Crippen molar-refractivity contribution in [3.63, 3.8) is 0 Å². The van der Waals surface area contributed by atoms with Gasteiger partial charge < -0.3 is 14.4 Å². The first-order valence-electron chi connectivity index (χ1n) is 7.37. The molecule has 1 amide bonds. The Morgan fingerprint density at radius 3 is 2.77 bits per heavy atom. The molecule has 6 nitrogen and oxygen atoms in total. The number of aryl methyl sites for hydroxylation is 1. The van der Waals surface area contributed by atoms with Crippen LogP contribution < -0.4 is 9.47 Å². The van der Waals surface area contributed by atoms with Gasteiger partial charge in [0.15, 0.2) is 17.2 Å². The summed E-state index contributed by atoms with van der Waals surface area (Å²) < 4.78 is 12.6. The topological polar surface area (TPSA) is 56.6 Å². The van der Waals surface area contributed by atoms with Gasteiger partial charge in [0.05, 0.1) is 5.69 Å². The van der Waals surface area contributed by atoms with E-state index in [0.29, 0.717) is 18.8 Å². The minimum Gasteiger partial charge on any atom is -0.454 e. The van der Waals surface area contributed by atoms with Crippen molar-refractivity contribution in [1.29, 1.82) is 0 Å². The van der Waals surface area contributed by atoms with Crippen molar-refractivity contribution in [3.05, 3.63) is 30.0 Å². The lowest BCUT2D eigenvalue weighted by Crippen LogP contribution is -2.26. The maximum absolute atomic E-state index is 12.3. The largest absolute Gasteiger partial charge is 0.454 e. The summed E-state index contributed by atoms with van der Waals surface area (Å²) in [6.45, 7) is 5.52. The molecule has 6 heteroatoms. The number of ether oxygens (including phenoxy) is 2. The molecule has 116 valence electrons. The molecule has 1 aromatic heterocycles. The maximum atomic E-state index is 12.3. The molecule has 0 saturated carbocycles. The minimum atomic E-state index is -0.0725. The smallest absolute Gasteiger partial charge is 0.274 e. The number of aromatic nitrogens is 2. The summed E-state index contributed by atoms with van der Waals surface area (Å²) in [5.41, 5.74) is 2.31. The molecule has 0 bridgehead atoms. The summed E-state index contributed by atoms with van der Waals surface area (Å²) in [5.74, 6) is 1.39. The molecule has 1 aromatic carbocycles. The number of hydrogen-bond acceptors (Lipinski definition) is 4. The van der Waals surface area contributed by atoms with Gasteiger partial charge in [-0.15, -0.1) is 0 Å². The van der Waals surface area contributed by atoms with Crippen molar-refractivity contribution < 1.29 is 14.3 Å². The number of rotatable bonds is 4. The fourth-order valence-corrected chi connectivity index (χ4v) is 2.39. The van der Waals surface area contributed by atoms with Gasteiger partial charge in [0.25, 0.3) is 5.91 Å². The molecule has 3 rings (SSSR count). The third-order valence-electron chi connectivity index (χ3n) is 3.79. The van der Waals surface area contributed by atoms with Gasteiger partial charge in [0, 0.05) is 25.7 Å². The van der Waals surface area contributed by atoms with Crippen molar-refractivity contribution in [3.8, 4) is 22.8 Å². The highest BCUT2D eigenvalue weighted by Gasteiger charge is 2.19. The van der Waals surface area contributed by atoms with Crippen LogP contribution in [0.25, 0.3) is 11.3 Å². The molecule has 0 N–H and O–H groups in total. The zero-order chi connectivity index (χ0) is 15.7. The summed E-state index contributed by atoms with van der Waals surface area (Å²) in [5, 5.41) is 4.42. The molecule has 2 aromatic rings. The average molecular weight is 301 g/mol. The van der Waals surface area contributed by atoms with Crippen LogP contribution in [0.2, 0.25) is 0 Å². The van der Waals surface area contributed by atoms with Gasteiger partial charge in [-0.1, -0.05) is 0 Å². The Morgan fingerprint density at radius 1 is 1.27 bits per heavy atom. The van der Waals surface area contributed by atoms with Gasteiger partial charge in [-0.25, -0.2) is 0 Å². The van der Waals surface area contributed by atoms with Crippen LogP contribution in [0, 0.1) is 0 Å². The number of nitrogens with zero attached hydrogens (tertiary/aromatic N) is 3. The van der Waals surface area contributed by atoms with Crippen LogP contribution in [0.4, 0.5) is 0 Å². The van der Waals surface area contributed by atoms with Crippen LogP contribution in [0.1, 0.15) is 24.3 Å². The second kappa shape index (κ2) is 5.71. The van der Waals surface area contributed by atoms with Gasteiger partial charge in [-0.05, 0) is 38.1 Å². The molecule has 0 fully saturated rings. The number of amides is 1. The van der Waals surface area contributed by atoms with E-state index in [2.05, 4.69) is 5.10 Å². The summed E-state index contributed by atoms with van der Waals surface area (Å²) in [6.07, 6.45) is 0. The Bertz CT molecular complexity index is 709. The first-order valence-corrected chi connectivity index (χ1v) is 7.37. The van der Waals surface area contributed by atoms with E-state index in [0.717, 1.165) is 22.8 Å². The Balaban J connectivity index is 2.00. The Kier molecular flexibility index (Phi) is 3.75. The van der Waals surface area contributed by atoms with Crippen LogP contribution >= 0.6 is 0 Å². The van der Waals surface area contributed by atoms with E-state index >= 15 is 0 Å². The molecular formula is C16H19N3O3. The Labute approximate surface area is 129 Å². The summed E-state index contributed by atoms with van der Waals surface area (Å²) in [7, 11) is 1.77. The van der Waals surface area contributed by atoms with Gasteiger partial charge in [-0.3, -0.25) is 9.48 Å². The lowest BCUT2D eigenvalue weighted by Gasteiger charge is -2.11. The second-order valence-corrected chi connectivity index (χ2v) is 5.12. The van der Waals surface area contributed by atoms with Crippen molar-refractivity contribution in [1.82, 2.24) is 14.7 Å². The molecule has 22 heavy (non-hydrogen) atoms. The number of carbonyl (C=O) groups is 1. The average Bonchev–Trinajstić information content (AvgIpc) is 3.18. The predicted molar refractivity (Wildman–Crippen MR) is 82.1 cm³/mol. The van der Waals surface area contributed by atoms with E-state index in [1.165, 1.54) is 0 Å². The van der Waals surface area contributed by atoms with E-state index in [9.17, 15) is 4.79 Å². The van der Waals surface area contributed by atoms with Crippen LogP contribution in [-0.4, -0.2) is 41.0 Å². The van der Waals surface area contributed by atoms with Crippen molar-refractivity contribution in [2.24, 2.45) is 0 Å². The summed E-state index contributed by atoms with van der Waals surface area (Å²) in [4.78, 5) is 13.9. The van der Waals surface area contributed by atoms with E-state index in [-0.39, 0.29) is 12.7 Å². The fourth-order valence-electron chi connectivity index (χ4n) is 2.39. The lowest BCUT2D eigenvalue weighted by molar-refractivity contribution is 0.0795. The summed E-state index contributed by atoms with van der Waals surface area (Å²) in [6, 6.07) is 7.58. The molecule has 0 atom stereocenters. The van der Waals surface area contributed by atoms with Crippen LogP contribution in [0.15, 0.2) is 24.3 Å². The van der Waals surface area contributed by atoms with E-state index in [4.69, 9.17) is 9.47 Å². The van der Waals surface area contributed by atoms with Crippen molar-refractivity contribution in [2.45, 2.75) is 20.4 Å². The molecule has 2 heterocycles. The molecular weight excluding hydrogens is 282 g/mol. The molecule has 0 radical (unpaired) electrons. The van der Waals surface area contributed by atoms with E-state index in [1.807, 2.05) is 42.8 Å². The number of fused-ring (bicyclic) bond motifs is 1. The molecule has 1 aliphatic heterocycles. The van der Waals surface area contributed by atoms with E-state index < -0.39 is 0 Å². The highest BCUT2D eigenvalue weighted by atomic mass is 16.7. The molecule has 0 unspecified atom stereocenters. The van der Waals surface area contributed by atoms with Crippen LogP contribution in [-0.2, 0) is 6.54 Å². The third kappa shape index (κ3) is 2.41. The maximum Gasteiger partial charge on any atom is 0.274 e. The van der Waals surface area contributed by atoms with Crippen LogP contribution in [0.5, 0.6) is 11.5 Å². The number of benzene rings is 1. The zero-order valence-electron chi connectivity index (χ0n) is 13.0. The number of hydrogen-bond donors (Lipinski definition) is 0. The Morgan fingerprint density at radius 2 is 2.05 bits per heavy atom. The minimum absolute atomic E-state index is 0.0725. The van der Waals surface area contributed by atoms with E-state index in [1.54, 1.807) is 11.9 Å². The standard InChI is InChI=1S/C16H19N3O3/c1-4-18(3)16(20)12-9-13(19(5-2)17-12)11-6-7-14-15(8-11)22-10-21-14/h6-9H,4-5,10H2,1-3H3. The van der Waals surface area contributed by atoms with Gasteiger partial charge >= 0.3 is 0 Å². The zero-order valence-corrected chi connectivity index (χ0v) is 13.0. The highest BCUT2D eigenvalue weighted by molar-refractivity contribution is 5.93. The first kappa shape index (κ1) is 14.4. The van der Waals surface area contributed by atoms with Gasteiger partial charge in [0.1, 0.15) is 0 Å². The normalized spacial score (nSPS) is 12.5. The van der Waals surface area contributed by atoms with Gasteiger partial charge in [0.2, 0.25) is 6.79 Å². The van der Waals surface area contributed by atoms with Crippen molar-refractivity contribution >= 4 is 5.91 Å². The molecule has 0 spiro atoms. The second-order valence-electron chi connectivity index (χ2n) is 5.12. The highest BCUT2D eigenvalue weighted by Crippen LogP contribution is 2.36. The van der Waals surface area contributed by atoms with Gasteiger partial charge in [-0.2, -0.15) is 5.10 Å². The number of carbonyl (C=O) groups excluding carboxylic acids is 1. The predicted octanol–water partition coefficient (Wildman–Crippen LogP) is 2.39.